The zero-order valence-electron chi connectivity index (χ0n) is 32.1. The van der Waals surface area contributed by atoms with Crippen LogP contribution in [0, 0.1) is 29.3 Å². The van der Waals surface area contributed by atoms with Gasteiger partial charge in [-0.25, -0.2) is 45.3 Å². The van der Waals surface area contributed by atoms with Crippen LogP contribution in [0.5, 0.6) is 0 Å². The van der Waals surface area contributed by atoms with E-state index in [1.807, 2.05) is 0 Å². The second-order valence-electron chi connectivity index (χ2n) is 15.5. The smallest absolute Gasteiger partial charge is 0.293 e. The number of rotatable bonds is 10. The van der Waals surface area contributed by atoms with Gasteiger partial charge in [-0.05, 0) is 54.3 Å². The summed E-state index contributed by atoms with van der Waals surface area (Å²) in [7, 11) is -2.49. The summed E-state index contributed by atoms with van der Waals surface area (Å²) >= 11 is 6.65. The van der Waals surface area contributed by atoms with Gasteiger partial charge in [0.1, 0.15) is 47.0 Å². The highest BCUT2D eigenvalue weighted by molar-refractivity contribution is 7.89. The molecule has 62 heavy (non-hydrogen) atoms. The minimum atomic E-state index is -4.00. The summed E-state index contributed by atoms with van der Waals surface area (Å²) in [5.41, 5.74) is -0.139. The molecule has 0 radical (unpaired) electrons. The number of carbonyl (C=O) groups excluding carboxylic acids is 1. The zero-order valence-corrected chi connectivity index (χ0v) is 33.7. The highest BCUT2D eigenvalue weighted by Gasteiger charge is 2.67. The van der Waals surface area contributed by atoms with E-state index in [0.717, 1.165) is 23.0 Å². The molecule has 5 atom stereocenters. The van der Waals surface area contributed by atoms with Gasteiger partial charge in [0.15, 0.2) is 5.52 Å². The van der Waals surface area contributed by atoms with Gasteiger partial charge in [0.25, 0.3) is 27.9 Å². The lowest BCUT2D eigenvalue weighted by molar-refractivity contribution is -0.123. The molecule has 22 heteroatoms. The van der Waals surface area contributed by atoms with Gasteiger partial charge in [0, 0.05) is 59.1 Å². The molecular weight excluding hydrogens is 871 g/mol. The Balaban J connectivity index is 1.23. The van der Waals surface area contributed by atoms with Crippen LogP contribution in [-0.4, -0.2) is 68.8 Å². The monoisotopic (exact) mass is 901 g/mol. The topological polar surface area (TPSA) is 156 Å². The average molecular weight is 902 g/mol. The summed E-state index contributed by atoms with van der Waals surface area (Å²) in [6.07, 6.45) is 1.15. The van der Waals surface area contributed by atoms with Gasteiger partial charge in [0.2, 0.25) is 5.91 Å². The molecule has 13 nitrogen and oxygen atoms in total. The number of hydrogen-bond acceptors (Lipinski definition) is 8. The van der Waals surface area contributed by atoms with Gasteiger partial charge in [-0.2, -0.15) is 13.9 Å². The molecule has 0 bridgehead atoms. The summed E-state index contributed by atoms with van der Waals surface area (Å²) < 4.78 is 134. The molecule has 0 spiro atoms. The number of sulfonamides is 1. The number of hydrogen-bond donors (Lipinski definition) is 2. The van der Waals surface area contributed by atoms with Crippen molar-refractivity contribution in [1.29, 1.82) is 0 Å². The van der Waals surface area contributed by atoms with Crippen molar-refractivity contribution < 1.29 is 43.9 Å². The Bertz CT molecular complexity index is 2990. The van der Waals surface area contributed by atoms with Crippen LogP contribution in [0.15, 0.2) is 81.1 Å². The molecule has 3 aromatic heterocycles. The first-order valence-corrected chi connectivity index (χ1v) is 21.1. The van der Waals surface area contributed by atoms with Crippen LogP contribution >= 0.6 is 11.6 Å². The molecule has 4 heterocycles. The van der Waals surface area contributed by atoms with E-state index in [-0.39, 0.29) is 62.1 Å². The van der Waals surface area contributed by atoms with E-state index in [9.17, 15) is 35.6 Å². The number of fused-ring (bicyclic) bond motifs is 5. The van der Waals surface area contributed by atoms with E-state index in [1.54, 1.807) is 6.07 Å². The van der Waals surface area contributed by atoms with Gasteiger partial charge in [-0.1, -0.05) is 29.8 Å². The molecule has 1 amide bonds. The number of halogens is 8. The normalized spacial score (nSPS) is 22.5. The van der Waals surface area contributed by atoms with E-state index in [1.165, 1.54) is 54.7 Å². The van der Waals surface area contributed by atoms with Crippen molar-refractivity contribution in [3.63, 3.8) is 0 Å². The first-order valence-electron chi connectivity index (χ1n) is 18.9. The Morgan fingerprint density at radius 3 is 2.52 bits per heavy atom. The molecule has 1 saturated carbocycles. The summed E-state index contributed by atoms with van der Waals surface area (Å²) in [5, 5.41) is 7.87. The Morgan fingerprint density at radius 2 is 1.82 bits per heavy atom. The minimum Gasteiger partial charge on any atom is -0.344 e. The van der Waals surface area contributed by atoms with Crippen LogP contribution < -0.4 is 16.3 Å². The van der Waals surface area contributed by atoms with E-state index >= 15 is 13.2 Å². The van der Waals surface area contributed by atoms with Crippen LogP contribution in [0.25, 0.3) is 27.9 Å². The summed E-state index contributed by atoms with van der Waals surface area (Å²) in [5.74, 6) is -10.8. The van der Waals surface area contributed by atoms with Gasteiger partial charge >= 0.3 is 0 Å². The maximum Gasteiger partial charge on any atom is 0.293 e. The zero-order chi connectivity index (χ0) is 44.2. The third-order valence-corrected chi connectivity index (χ3v) is 12.1. The predicted molar refractivity (Wildman–Crippen MR) is 211 cm³/mol. The minimum absolute atomic E-state index is 0.0209. The van der Waals surface area contributed by atoms with Crippen molar-refractivity contribution >= 4 is 50.1 Å². The van der Waals surface area contributed by atoms with E-state index in [0.29, 0.717) is 10.7 Å². The van der Waals surface area contributed by atoms with Crippen LogP contribution in [0.1, 0.15) is 53.1 Å². The first kappa shape index (κ1) is 41.4. The number of benzene rings is 2. The lowest BCUT2D eigenvalue weighted by atomic mass is 9.91. The Labute approximate surface area is 351 Å². The molecule has 4 aliphatic rings. The molecule has 3 aliphatic carbocycles. The quantitative estimate of drug-likeness (QED) is 0.159. The van der Waals surface area contributed by atoms with Crippen molar-refractivity contribution in [3.8, 4) is 11.1 Å². The number of amidine groups is 1. The number of alkyl halides is 4. The third kappa shape index (κ3) is 7.14. The fourth-order valence-corrected chi connectivity index (χ4v) is 9.51. The Hall–Kier alpha value is -5.93. The van der Waals surface area contributed by atoms with E-state index < -0.39 is 105 Å². The molecule has 2 fully saturated rings. The predicted octanol–water partition coefficient (Wildman–Crippen LogP) is 6.09. The number of nitrogens with one attached hydrogen (secondary N) is 2. The van der Waals surface area contributed by atoms with Crippen LogP contribution in [0.4, 0.5) is 30.7 Å². The number of aromatic nitrogens is 5. The number of amides is 1. The largest absolute Gasteiger partial charge is 0.344 e. The van der Waals surface area contributed by atoms with Crippen molar-refractivity contribution in [2.75, 3.05) is 13.3 Å². The average Bonchev–Trinajstić information content (AvgIpc) is 3.73. The lowest BCUT2D eigenvalue weighted by Gasteiger charge is -2.31. The second-order valence-corrected chi connectivity index (χ2v) is 17.5. The van der Waals surface area contributed by atoms with Crippen molar-refractivity contribution in [1.82, 2.24) is 40.1 Å². The maximum atomic E-state index is 15.5. The van der Waals surface area contributed by atoms with Crippen LogP contribution in [0.2, 0.25) is 0 Å². The van der Waals surface area contributed by atoms with E-state index in [4.69, 9.17) is 16.6 Å². The molecule has 1 aliphatic heterocycles. The van der Waals surface area contributed by atoms with E-state index in [2.05, 4.69) is 25.2 Å². The van der Waals surface area contributed by atoms with Gasteiger partial charge < -0.3 is 10.7 Å². The molecule has 1 saturated heterocycles. The number of carbonyl (C=O) groups is 1. The molecule has 2 N–H and O–H groups in total. The molecule has 9 rings (SSSR count). The van der Waals surface area contributed by atoms with Gasteiger partial charge in [-0.15, -0.1) is 4.40 Å². The Kier molecular flexibility index (Phi) is 9.93. The van der Waals surface area contributed by atoms with Crippen molar-refractivity contribution in [2.24, 2.45) is 16.2 Å². The SMILES string of the molecule is CN1N/C(=N\S(C)(=O)=O)C2C(Cl)=CC=C(n3c([C@H](Cc4cc(F)cc(F)c4)NC(=O)Cn4nc(C(F)F)c5c4C(F)(F)C4C[C@H]54)nc4cc(-c5ccccc5F)cnc4c3=O)C21. The molecular formula is C40H31ClF7N9O4S. The number of hydrazine groups is 1. The number of likely N-dealkylation sites (N-methyl/N-ethyl adjacent to an activating group) is 1. The molecule has 5 aromatic rings. The highest BCUT2D eigenvalue weighted by atomic mass is 35.5. The van der Waals surface area contributed by atoms with Crippen molar-refractivity contribution in [2.45, 2.75) is 49.7 Å². The number of pyridine rings is 1. The standard InChI is InChI=1S/C40H31ClF7N9O4S/c1-55-34-28(8-7-24(41)31(34)37(53-55)54-62(2,60)61)57-38(51-26-12-18(15-49-32(26)39(57)59)21-5-3-4-6-25(21)44)27(11-17-9-19(42)13-20(43)10-17)50-29(58)16-56-35-30(33(52-56)36(45)46)22-14-23(22)40(35,47)48/h3-10,12-13,15,22-23,27,31,34,36H,11,14,16H2,1-2H3,(H,50,58)(H,53,54)/t22-,23?,27-,31?,34?/m0/s1. The molecule has 2 aromatic carbocycles. The lowest BCUT2D eigenvalue weighted by Crippen LogP contribution is -2.43. The summed E-state index contributed by atoms with van der Waals surface area (Å²) in [6, 6.07) is 6.97. The number of allylic oxidation sites excluding steroid dienone is 2. The second kappa shape index (κ2) is 14.9. The van der Waals surface area contributed by atoms with Gasteiger partial charge in [0.05, 0.1) is 29.8 Å². The fourth-order valence-electron chi connectivity index (χ4n) is 8.71. The summed E-state index contributed by atoms with van der Waals surface area (Å²) in [4.78, 5) is 38.1. The van der Waals surface area contributed by atoms with Crippen molar-refractivity contribution in [3.05, 3.63) is 128 Å². The highest BCUT2D eigenvalue weighted by Crippen LogP contribution is 2.68. The summed E-state index contributed by atoms with van der Waals surface area (Å²) in [6.45, 7) is -1.02. The molecule has 322 valence electrons. The fraction of sp³-hybridized carbons (Fsp3) is 0.300. The van der Waals surface area contributed by atoms with Crippen LogP contribution in [-0.2, 0) is 33.7 Å². The van der Waals surface area contributed by atoms with Gasteiger partial charge in [-0.3, -0.25) is 18.8 Å². The maximum absolute atomic E-state index is 15.5. The molecule has 3 unspecified atom stereocenters. The third-order valence-electron chi connectivity index (χ3n) is 11.2. The number of nitrogens with zero attached hydrogens (tertiary/aromatic N) is 7. The van der Waals surface area contributed by atoms with Crippen LogP contribution in [0.3, 0.4) is 0 Å². The first-order chi connectivity index (χ1) is 29.3. The Morgan fingerprint density at radius 1 is 1.10 bits per heavy atom.